The number of hydrogen-bond donors (Lipinski definition) is 0. The molecule has 0 N–H and O–H groups in total. The highest BCUT2D eigenvalue weighted by Gasteiger charge is 2.46. The Bertz CT molecular complexity index is 1310. The normalized spacial score (nSPS) is 16.2. The van der Waals surface area contributed by atoms with Gasteiger partial charge >= 0.3 is 0 Å². The van der Waals surface area contributed by atoms with Gasteiger partial charge < -0.3 is 0 Å². The minimum Gasteiger partial charge on any atom is -0.201 e. The van der Waals surface area contributed by atoms with Gasteiger partial charge in [-0.3, -0.25) is 0 Å². The Morgan fingerprint density at radius 1 is 0.633 bits per heavy atom. The summed E-state index contributed by atoms with van der Waals surface area (Å²) in [5.41, 5.74) is 9.63. The van der Waals surface area contributed by atoms with E-state index in [1.165, 1.54) is 49.8 Å². The van der Waals surface area contributed by atoms with E-state index in [4.69, 9.17) is 0 Å². The Kier molecular flexibility index (Phi) is 3.99. The zero-order valence-corrected chi connectivity index (χ0v) is 18.9. The van der Waals surface area contributed by atoms with Gasteiger partial charge in [0.1, 0.15) is 7.05 Å². The lowest BCUT2D eigenvalue weighted by Crippen LogP contribution is -2.43. The van der Waals surface area contributed by atoms with E-state index in [2.05, 4.69) is 119 Å². The van der Waals surface area contributed by atoms with E-state index in [-0.39, 0.29) is 10.8 Å². The number of benzene rings is 3. The summed E-state index contributed by atoms with van der Waals surface area (Å²) in [7, 11) is 2.13. The molecule has 0 fully saturated rings. The second kappa shape index (κ2) is 6.28. The Balaban J connectivity index is 1.89. The number of aryl methyl sites for hydroxylation is 2. The first-order valence-electron chi connectivity index (χ1n) is 10.9. The molecule has 0 saturated heterocycles. The fraction of sp³-hybridized carbons (Fsp3) is 0.276. The standard InChI is InChI=1S/C29H30N/c1-19-15-25-24(18-22(19)27-13-9-10-14-30(27)6)23-16-20-11-7-8-12-21(20)17-26(23)29(4,5)28(25,2)3/h7-18H,1-6H3/q+1. The number of rotatable bonds is 1. The first-order chi connectivity index (χ1) is 14.2. The summed E-state index contributed by atoms with van der Waals surface area (Å²) >= 11 is 0. The molecule has 0 aliphatic heterocycles. The monoisotopic (exact) mass is 392 g/mol. The van der Waals surface area contributed by atoms with Crippen LogP contribution in [0.5, 0.6) is 0 Å². The van der Waals surface area contributed by atoms with Gasteiger partial charge in [-0.1, -0.05) is 58.0 Å². The summed E-state index contributed by atoms with van der Waals surface area (Å²) < 4.78 is 2.22. The van der Waals surface area contributed by atoms with Gasteiger partial charge in [0.15, 0.2) is 6.20 Å². The molecular formula is C29H30N+. The van der Waals surface area contributed by atoms with Gasteiger partial charge in [0.2, 0.25) is 5.69 Å². The quantitative estimate of drug-likeness (QED) is 0.311. The second-order valence-electron chi connectivity index (χ2n) is 9.90. The lowest BCUT2D eigenvalue weighted by Gasteiger charge is -2.48. The molecule has 3 aromatic carbocycles. The van der Waals surface area contributed by atoms with Crippen molar-refractivity contribution in [2.75, 3.05) is 0 Å². The molecule has 0 unspecified atom stereocenters. The van der Waals surface area contributed by atoms with Crippen molar-refractivity contribution in [2.24, 2.45) is 7.05 Å². The summed E-state index contributed by atoms with van der Waals surface area (Å²) in [5.74, 6) is 0. The third-order valence-corrected chi connectivity index (χ3v) is 7.78. The molecule has 1 aliphatic carbocycles. The number of pyridine rings is 1. The van der Waals surface area contributed by atoms with Crippen molar-refractivity contribution in [3.63, 3.8) is 0 Å². The van der Waals surface area contributed by atoms with Crippen molar-refractivity contribution in [1.82, 2.24) is 0 Å². The Morgan fingerprint density at radius 2 is 1.20 bits per heavy atom. The summed E-state index contributed by atoms with van der Waals surface area (Å²) in [5, 5.41) is 2.63. The molecule has 0 atom stereocenters. The predicted molar refractivity (Wildman–Crippen MR) is 127 cm³/mol. The average molecular weight is 393 g/mol. The van der Waals surface area contributed by atoms with Crippen LogP contribution in [0.2, 0.25) is 0 Å². The van der Waals surface area contributed by atoms with Crippen LogP contribution >= 0.6 is 0 Å². The number of nitrogens with zero attached hydrogens (tertiary/aromatic N) is 1. The van der Waals surface area contributed by atoms with E-state index < -0.39 is 0 Å². The van der Waals surface area contributed by atoms with Gasteiger partial charge in [-0.15, -0.1) is 0 Å². The predicted octanol–water partition coefficient (Wildman–Crippen LogP) is 6.88. The van der Waals surface area contributed by atoms with Crippen LogP contribution in [-0.2, 0) is 17.9 Å². The van der Waals surface area contributed by atoms with Crippen LogP contribution in [0.3, 0.4) is 0 Å². The average Bonchev–Trinajstić information content (AvgIpc) is 2.72. The molecule has 5 rings (SSSR count). The summed E-state index contributed by atoms with van der Waals surface area (Å²) in [4.78, 5) is 0. The van der Waals surface area contributed by atoms with Gasteiger partial charge in [0, 0.05) is 17.7 Å². The van der Waals surface area contributed by atoms with Gasteiger partial charge in [0.25, 0.3) is 0 Å². The molecule has 1 nitrogen and oxygen atoms in total. The van der Waals surface area contributed by atoms with Crippen LogP contribution in [-0.4, -0.2) is 0 Å². The Hall–Kier alpha value is -2.93. The largest absolute Gasteiger partial charge is 0.212 e. The van der Waals surface area contributed by atoms with Gasteiger partial charge in [-0.25, -0.2) is 4.57 Å². The Labute approximate surface area is 180 Å². The van der Waals surface area contributed by atoms with E-state index in [0.717, 1.165) is 0 Å². The summed E-state index contributed by atoms with van der Waals surface area (Å²) in [6.07, 6.45) is 2.13. The lowest BCUT2D eigenvalue weighted by molar-refractivity contribution is -0.660. The van der Waals surface area contributed by atoms with Crippen LogP contribution in [0.4, 0.5) is 0 Å². The van der Waals surface area contributed by atoms with Crippen molar-refractivity contribution in [3.8, 4) is 22.4 Å². The number of aromatic nitrogens is 1. The SMILES string of the molecule is Cc1cc2c(cc1-c1cccc[n+]1C)-c1cc3ccccc3cc1C(C)(C)C2(C)C. The van der Waals surface area contributed by atoms with E-state index in [9.17, 15) is 0 Å². The topological polar surface area (TPSA) is 3.88 Å². The van der Waals surface area contributed by atoms with Crippen molar-refractivity contribution < 1.29 is 4.57 Å². The molecule has 1 heterocycles. The van der Waals surface area contributed by atoms with Crippen molar-refractivity contribution in [1.29, 1.82) is 0 Å². The van der Waals surface area contributed by atoms with Crippen LogP contribution in [0, 0.1) is 6.92 Å². The van der Waals surface area contributed by atoms with Crippen molar-refractivity contribution in [2.45, 2.75) is 45.4 Å². The first-order valence-corrected chi connectivity index (χ1v) is 10.9. The van der Waals surface area contributed by atoms with Crippen LogP contribution in [0.25, 0.3) is 33.2 Å². The molecule has 0 amide bonds. The van der Waals surface area contributed by atoms with Gasteiger partial charge in [-0.05, 0) is 80.6 Å². The highest BCUT2D eigenvalue weighted by atomic mass is 14.9. The molecule has 0 saturated carbocycles. The van der Waals surface area contributed by atoms with E-state index in [1.807, 2.05) is 0 Å². The van der Waals surface area contributed by atoms with E-state index in [0.29, 0.717) is 0 Å². The molecule has 30 heavy (non-hydrogen) atoms. The molecule has 150 valence electrons. The van der Waals surface area contributed by atoms with Crippen LogP contribution < -0.4 is 4.57 Å². The summed E-state index contributed by atoms with van der Waals surface area (Å²) in [6.45, 7) is 11.9. The minimum atomic E-state index is 0.0277. The third kappa shape index (κ3) is 2.51. The minimum absolute atomic E-state index is 0.0277. The zero-order valence-electron chi connectivity index (χ0n) is 18.9. The number of hydrogen-bond acceptors (Lipinski definition) is 0. The van der Waals surface area contributed by atoms with Gasteiger partial charge in [-0.2, -0.15) is 0 Å². The van der Waals surface area contributed by atoms with Gasteiger partial charge in [0.05, 0.1) is 0 Å². The smallest absolute Gasteiger partial charge is 0.201 e. The summed E-state index contributed by atoms with van der Waals surface area (Å²) in [6, 6.07) is 24.9. The highest BCUT2D eigenvalue weighted by molar-refractivity contribution is 5.93. The third-order valence-electron chi connectivity index (χ3n) is 7.78. The molecule has 4 aromatic rings. The maximum absolute atomic E-state index is 2.44. The Morgan fingerprint density at radius 3 is 1.87 bits per heavy atom. The van der Waals surface area contributed by atoms with E-state index in [1.54, 1.807) is 0 Å². The number of fused-ring (bicyclic) bond motifs is 4. The molecule has 0 bridgehead atoms. The maximum Gasteiger partial charge on any atom is 0.212 e. The van der Waals surface area contributed by atoms with E-state index >= 15 is 0 Å². The van der Waals surface area contributed by atoms with Crippen LogP contribution in [0.15, 0.2) is 72.9 Å². The molecule has 0 radical (unpaired) electrons. The molecular weight excluding hydrogens is 362 g/mol. The molecule has 1 aliphatic rings. The first kappa shape index (κ1) is 19.1. The second-order valence-corrected chi connectivity index (χ2v) is 9.90. The highest BCUT2D eigenvalue weighted by Crippen LogP contribution is 2.55. The fourth-order valence-corrected chi connectivity index (χ4v) is 5.18. The molecule has 1 aromatic heterocycles. The fourth-order valence-electron chi connectivity index (χ4n) is 5.18. The lowest BCUT2D eigenvalue weighted by atomic mass is 9.55. The molecule has 1 heteroatoms. The van der Waals surface area contributed by atoms with Crippen LogP contribution in [0.1, 0.15) is 44.4 Å². The van der Waals surface area contributed by atoms with Crippen molar-refractivity contribution in [3.05, 3.63) is 89.6 Å². The maximum atomic E-state index is 2.44. The zero-order chi connectivity index (χ0) is 21.3. The molecule has 0 spiro atoms. The van der Waals surface area contributed by atoms with Crippen molar-refractivity contribution >= 4 is 10.8 Å².